The van der Waals surface area contributed by atoms with Gasteiger partial charge >= 0.3 is 0 Å². The van der Waals surface area contributed by atoms with Gasteiger partial charge in [-0.05, 0) is 77.9 Å². The summed E-state index contributed by atoms with van der Waals surface area (Å²) in [5.41, 5.74) is 5.96. The molecule has 0 atom stereocenters. The third-order valence-electron chi connectivity index (χ3n) is 7.28. The van der Waals surface area contributed by atoms with Crippen molar-refractivity contribution in [2.75, 3.05) is 0 Å². The van der Waals surface area contributed by atoms with Crippen LogP contribution in [0.5, 0.6) is 11.6 Å². The number of fused-ring (bicyclic) bond motifs is 3. The van der Waals surface area contributed by atoms with Gasteiger partial charge < -0.3 is 4.74 Å². The lowest BCUT2D eigenvalue weighted by Gasteiger charge is -2.26. The highest BCUT2D eigenvalue weighted by Gasteiger charge is 2.21. The monoisotopic (exact) mass is 467 g/mol. The van der Waals surface area contributed by atoms with E-state index >= 15 is 0 Å². The molecular weight excluding hydrogens is 442 g/mol. The Hall–Kier alpha value is -4.44. The van der Waals surface area contributed by atoms with Crippen molar-refractivity contribution in [1.29, 1.82) is 0 Å². The number of ether oxygens (including phenoxy) is 1. The smallest absolute Gasteiger partial charge is 0.219 e. The second-order valence-electron chi connectivity index (χ2n) is 9.46. The van der Waals surface area contributed by atoms with Crippen molar-refractivity contribution in [3.8, 4) is 28.6 Å². The first kappa shape index (κ1) is 20.9. The lowest BCUT2D eigenvalue weighted by molar-refractivity contribution is 0.419. The minimum absolute atomic E-state index is 0.586. The summed E-state index contributed by atoms with van der Waals surface area (Å²) in [5, 5.41) is 2.47. The number of aromatic nitrogens is 3. The van der Waals surface area contributed by atoms with Gasteiger partial charge in [0, 0.05) is 29.2 Å². The molecule has 6 aromatic rings. The zero-order valence-electron chi connectivity index (χ0n) is 19.8. The first-order valence-corrected chi connectivity index (χ1v) is 12.5. The molecule has 0 aliphatic heterocycles. The number of hydrogen-bond donors (Lipinski definition) is 0. The van der Waals surface area contributed by atoms with E-state index in [-0.39, 0.29) is 0 Å². The molecule has 0 N–H and O–H groups in total. The molecule has 0 radical (unpaired) electrons. The summed E-state index contributed by atoms with van der Waals surface area (Å²) in [6.45, 7) is 0. The van der Waals surface area contributed by atoms with Crippen LogP contribution in [0.25, 0.3) is 38.8 Å². The molecule has 0 unspecified atom stereocenters. The molecule has 0 amide bonds. The van der Waals surface area contributed by atoms with Crippen LogP contribution in [0.4, 0.5) is 0 Å². The van der Waals surface area contributed by atoms with Crippen LogP contribution in [0.1, 0.15) is 30.7 Å². The Morgan fingerprint density at radius 2 is 1.53 bits per heavy atom. The summed E-state index contributed by atoms with van der Waals surface area (Å²) < 4.78 is 8.30. The van der Waals surface area contributed by atoms with Crippen molar-refractivity contribution in [2.45, 2.75) is 25.2 Å². The van der Waals surface area contributed by atoms with E-state index < -0.39 is 0 Å². The van der Waals surface area contributed by atoms with Gasteiger partial charge in [0.25, 0.3) is 0 Å². The molecule has 0 saturated heterocycles. The highest BCUT2D eigenvalue weighted by molar-refractivity contribution is 6.10. The van der Waals surface area contributed by atoms with Gasteiger partial charge in [-0.15, -0.1) is 0 Å². The van der Waals surface area contributed by atoms with Crippen molar-refractivity contribution in [2.24, 2.45) is 0 Å². The second kappa shape index (κ2) is 8.65. The Morgan fingerprint density at radius 3 is 2.39 bits per heavy atom. The zero-order chi connectivity index (χ0) is 23.9. The van der Waals surface area contributed by atoms with Gasteiger partial charge in [0.05, 0.1) is 11.0 Å². The number of hydrogen-bond acceptors (Lipinski definition) is 3. The van der Waals surface area contributed by atoms with Crippen molar-refractivity contribution in [3.63, 3.8) is 0 Å². The molecule has 7 rings (SSSR count). The summed E-state index contributed by atoms with van der Waals surface area (Å²) in [5.74, 6) is 3.00. The van der Waals surface area contributed by atoms with E-state index in [2.05, 4.69) is 76.3 Å². The highest BCUT2D eigenvalue weighted by Crippen LogP contribution is 2.39. The van der Waals surface area contributed by atoms with E-state index in [9.17, 15) is 0 Å². The van der Waals surface area contributed by atoms with Gasteiger partial charge in [-0.2, -0.15) is 0 Å². The molecule has 3 heterocycles. The van der Waals surface area contributed by atoms with Crippen molar-refractivity contribution in [3.05, 3.63) is 115 Å². The summed E-state index contributed by atoms with van der Waals surface area (Å²) in [7, 11) is 0. The predicted octanol–water partition coefficient (Wildman–Crippen LogP) is 8.30. The molecule has 36 heavy (non-hydrogen) atoms. The van der Waals surface area contributed by atoms with Crippen LogP contribution in [-0.2, 0) is 0 Å². The number of rotatable bonds is 5. The molecule has 174 valence electrons. The van der Waals surface area contributed by atoms with Gasteiger partial charge in [0.1, 0.15) is 11.6 Å². The molecule has 3 aromatic heterocycles. The zero-order valence-corrected chi connectivity index (χ0v) is 19.8. The Kier molecular flexibility index (Phi) is 5.02. The van der Waals surface area contributed by atoms with E-state index in [1.54, 1.807) is 6.20 Å². The molecule has 0 spiro atoms. The molecule has 1 aliphatic carbocycles. The number of nitrogens with zero attached hydrogens (tertiary/aromatic N) is 3. The fourth-order valence-corrected chi connectivity index (χ4v) is 5.22. The number of para-hydroxylation sites is 1. The van der Waals surface area contributed by atoms with Crippen LogP contribution in [0, 0.1) is 0 Å². The number of pyridine rings is 2. The third kappa shape index (κ3) is 3.62. The molecule has 1 saturated carbocycles. The van der Waals surface area contributed by atoms with Crippen LogP contribution < -0.4 is 4.74 Å². The van der Waals surface area contributed by atoms with E-state index in [0.717, 1.165) is 28.2 Å². The van der Waals surface area contributed by atoms with Crippen LogP contribution in [0.2, 0.25) is 0 Å². The average Bonchev–Trinajstić information content (AvgIpc) is 3.22. The maximum Gasteiger partial charge on any atom is 0.219 e. The molecule has 4 nitrogen and oxygen atoms in total. The Labute approximate surface area is 209 Å². The molecule has 3 aromatic carbocycles. The minimum Gasteiger partial charge on any atom is -0.439 e. The average molecular weight is 468 g/mol. The van der Waals surface area contributed by atoms with Crippen LogP contribution in [0.3, 0.4) is 0 Å². The quantitative estimate of drug-likeness (QED) is 0.256. The minimum atomic E-state index is 0.586. The van der Waals surface area contributed by atoms with Gasteiger partial charge in [-0.25, -0.2) is 9.97 Å². The van der Waals surface area contributed by atoms with Crippen LogP contribution in [-0.4, -0.2) is 14.5 Å². The highest BCUT2D eigenvalue weighted by atomic mass is 16.5. The third-order valence-corrected chi connectivity index (χ3v) is 7.28. The van der Waals surface area contributed by atoms with Crippen molar-refractivity contribution < 1.29 is 4.74 Å². The molecule has 1 fully saturated rings. The lowest BCUT2D eigenvalue weighted by atomic mass is 9.80. The van der Waals surface area contributed by atoms with E-state index in [4.69, 9.17) is 9.72 Å². The Balaban J connectivity index is 1.36. The topological polar surface area (TPSA) is 39.9 Å². The molecule has 1 aliphatic rings. The van der Waals surface area contributed by atoms with Crippen molar-refractivity contribution >= 4 is 21.8 Å². The normalized spacial score (nSPS) is 13.7. The van der Waals surface area contributed by atoms with E-state index in [1.165, 1.54) is 41.1 Å². The number of benzene rings is 3. The fourth-order valence-electron chi connectivity index (χ4n) is 5.22. The van der Waals surface area contributed by atoms with Crippen LogP contribution >= 0.6 is 0 Å². The molecule has 0 bridgehead atoms. The summed E-state index contributed by atoms with van der Waals surface area (Å²) in [6, 6.07) is 33.6. The van der Waals surface area contributed by atoms with E-state index in [0.29, 0.717) is 11.8 Å². The van der Waals surface area contributed by atoms with Crippen LogP contribution in [0.15, 0.2) is 109 Å². The SMILES string of the molecule is c1ccc(Oc2cccc(-c3ccc4c5ccccc5n(-c5cc(C6CCC6)ccn5)c4c3)c2)nc1. The van der Waals surface area contributed by atoms with Gasteiger partial charge in [-0.3, -0.25) is 4.57 Å². The second-order valence-corrected chi connectivity index (χ2v) is 9.46. The first-order valence-electron chi connectivity index (χ1n) is 12.5. The molecular formula is C32H25N3O. The first-order chi connectivity index (χ1) is 17.8. The largest absolute Gasteiger partial charge is 0.439 e. The summed E-state index contributed by atoms with van der Waals surface area (Å²) >= 11 is 0. The fraction of sp³-hybridized carbons (Fsp3) is 0.125. The van der Waals surface area contributed by atoms with Gasteiger partial charge in [0.2, 0.25) is 5.88 Å². The van der Waals surface area contributed by atoms with Gasteiger partial charge in [0.15, 0.2) is 0 Å². The predicted molar refractivity (Wildman–Crippen MR) is 145 cm³/mol. The standard InChI is InChI=1S/C32H25N3O/c1-2-12-29-27(11-1)28-15-14-24(23-9-6-10-26(19-23)36-32-13-3-4-17-34-32)20-30(28)35(29)31-21-25(16-18-33-31)22-7-5-8-22/h1-4,6,9-22H,5,7-8H2. The molecule has 4 heteroatoms. The lowest BCUT2D eigenvalue weighted by Crippen LogP contribution is -2.09. The maximum atomic E-state index is 5.99. The summed E-state index contributed by atoms with van der Waals surface area (Å²) in [4.78, 5) is 9.11. The van der Waals surface area contributed by atoms with E-state index in [1.807, 2.05) is 36.5 Å². The summed E-state index contributed by atoms with van der Waals surface area (Å²) in [6.07, 6.45) is 7.57. The maximum absolute atomic E-state index is 5.99. The Morgan fingerprint density at radius 1 is 0.667 bits per heavy atom. The van der Waals surface area contributed by atoms with Crippen molar-refractivity contribution in [1.82, 2.24) is 14.5 Å². The van der Waals surface area contributed by atoms with Gasteiger partial charge in [-0.1, -0.05) is 55.0 Å². The Bertz CT molecular complexity index is 1700.